The molecule has 0 aliphatic carbocycles. The van der Waals surface area contributed by atoms with E-state index in [0.29, 0.717) is 0 Å². The van der Waals surface area contributed by atoms with Crippen LogP contribution in [0, 0.1) is 6.92 Å². The number of aromatic nitrogens is 1. The van der Waals surface area contributed by atoms with Crippen LogP contribution in [0.4, 0.5) is 0 Å². The van der Waals surface area contributed by atoms with Crippen LogP contribution < -0.4 is 0 Å². The maximum atomic E-state index is 9.22. The van der Waals surface area contributed by atoms with Crippen molar-refractivity contribution in [3.8, 4) is 0 Å². The lowest BCUT2D eigenvalue weighted by molar-refractivity contribution is 0.273. The molecule has 1 unspecified atom stereocenters. The Morgan fingerprint density at radius 3 is 2.80 bits per heavy atom. The summed E-state index contributed by atoms with van der Waals surface area (Å²) < 4.78 is 2.12. The highest BCUT2D eigenvalue weighted by Gasteiger charge is 2.11. The topological polar surface area (TPSA) is 25.2 Å². The third-order valence-electron chi connectivity index (χ3n) is 2.98. The van der Waals surface area contributed by atoms with Crippen LogP contribution >= 0.6 is 0 Å². The molecule has 0 saturated heterocycles. The van der Waals surface area contributed by atoms with Gasteiger partial charge in [-0.3, -0.25) is 0 Å². The molecule has 0 saturated carbocycles. The molecule has 0 aliphatic rings. The van der Waals surface area contributed by atoms with Crippen LogP contribution in [0.5, 0.6) is 0 Å². The number of aliphatic hydroxyl groups is 1. The van der Waals surface area contributed by atoms with Crippen LogP contribution in [0.2, 0.25) is 0 Å². The highest BCUT2D eigenvalue weighted by molar-refractivity contribution is 5.85. The number of hydrogen-bond donors (Lipinski definition) is 1. The molecule has 0 spiro atoms. The Hall–Kier alpha value is -1.28. The number of aryl methyl sites for hydroxylation is 2. The minimum absolute atomic E-state index is 0.201. The normalized spacial score (nSPS) is 13.3. The third-order valence-corrected chi connectivity index (χ3v) is 2.98. The van der Waals surface area contributed by atoms with E-state index in [0.717, 1.165) is 0 Å². The molecule has 1 aromatic carbocycles. The van der Waals surface area contributed by atoms with E-state index < -0.39 is 0 Å². The van der Waals surface area contributed by atoms with E-state index in [1.807, 2.05) is 7.05 Å². The molecule has 1 heterocycles. The SMILES string of the molecule is Cc1ccc2c(c1)c(C(C)CO)cn2C. The van der Waals surface area contributed by atoms with Crippen LogP contribution in [0.3, 0.4) is 0 Å². The Bertz CT molecular complexity index is 484. The van der Waals surface area contributed by atoms with E-state index in [4.69, 9.17) is 0 Å². The van der Waals surface area contributed by atoms with Crippen molar-refractivity contribution in [1.82, 2.24) is 4.57 Å². The molecule has 15 heavy (non-hydrogen) atoms. The van der Waals surface area contributed by atoms with Crippen molar-refractivity contribution >= 4 is 10.9 Å². The molecule has 1 N–H and O–H groups in total. The number of rotatable bonds is 2. The molecule has 80 valence electrons. The second kappa shape index (κ2) is 3.70. The average molecular weight is 203 g/mol. The lowest BCUT2D eigenvalue weighted by Crippen LogP contribution is -1.97. The fourth-order valence-electron chi connectivity index (χ4n) is 2.03. The first-order valence-electron chi connectivity index (χ1n) is 5.30. The second-order valence-electron chi connectivity index (χ2n) is 4.30. The summed E-state index contributed by atoms with van der Waals surface area (Å²) in [5.41, 5.74) is 3.73. The van der Waals surface area contributed by atoms with Gasteiger partial charge in [-0.1, -0.05) is 18.6 Å². The number of nitrogens with zero attached hydrogens (tertiary/aromatic N) is 1. The van der Waals surface area contributed by atoms with Crippen LogP contribution in [0.15, 0.2) is 24.4 Å². The predicted molar refractivity (Wildman–Crippen MR) is 63.2 cm³/mol. The smallest absolute Gasteiger partial charge is 0.0497 e. The molecule has 0 fully saturated rings. The summed E-state index contributed by atoms with van der Waals surface area (Å²) in [4.78, 5) is 0. The summed E-state index contributed by atoms with van der Waals surface area (Å²) >= 11 is 0. The van der Waals surface area contributed by atoms with Crippen molar-refractivity contribution in [1.29, 1.82) is 0 Å². The van der Waals surface area contributed by atoms with E-state index in [-0.39, 0.29) is 12.5 Å². The van der Waals surface area contributed by atoms with Gasteiger partial charge in [-0.2, -0.15) is 0 Å². The van der Waals surface area contributed by atoms with Crippen LogP contribution in [0.25, 0.3) is 10.9 Å². The first-order chi connectivity index (χ1) is 7.13. The van der Waals surface area contributed by atoms with E-state index in [9.17, 15) is 5.11 Å². The molecule has 0 aliphatic heterocycles. The van der Waals surface area contributed by atoms with Crippen molar-refractivity contribution in [2.24, 2.45) is 7.05 Å². The highest BCUT2D eigenvalue weighted by Crippen LogP contribution is 2.27. The lowest BCUT2D eigenvalue weighted by atomic mass is 10.0. The molecular weight excluding hydrogens is 186 g/mol. The molecule has 1 aromatic heterocycles. The Morgan fingerprint density at radius 2 is 2.13 bits per heavy atom. The van der Waals surface area contributed by atoms with Crippen molar-refractivity contribution < 1.29 is 5.11 Å². The maximum absolute atomic E-state index is 9.22. The van der Waals surface area contributed by atoms with Crippen LogP contribution in [-0.2, 0) is 7.05 Å². The van der Waals surface area contributed by atoms with Crippen molar-refractivity contribution in [3.63, 3.8) is 0 Å². The first-order valence-corrected chi connectivity index (χ1v) is 5.30. The molecule has 2 rings (SSSR count). The highest BCUT2D eigenvalue weighted by atomic mass is 16.3. The second-order valence-corrected chi connectivity index (χ2v) is 4.30. The monoisotopic (exact) mass is 203 g/mol. The standard InChI is InChI=1S/C13H17NO/c1-9-4-5-13-11(6-9)12(7-14(13)3)10(2)8-15/h4-7,10,15H,8H2,1-3H3. The summed E-state index contributed by atoms with van der Waals surface area (Å²) in [5.74, 6) is 0.204. The first kappa shape index (κ1) is 10.2. The van der Waals surface area contributed by atoms with Gasteiger partial charge in [0.05, 0.1) is 0 Å². The minimum atomic E-state index is 0.201. The Labute approximate surface area is 90.2 Å². The largest absolute Gasteiger partial charge is 0.396 e. The zero-order valence-corrected chi connectivity index (χ0v) is 9.49. The Balaban J connectivity index is 2.69. The molecule has 1 atom stereocenters. The number of aliphatic hydroxyl groups excluding tert-OH is 1. The van der Waals surface area contributed by atoms with Gasteiger partial charge in [-0.15, -0.1) is 0 Å². The predicted octanol–water partition coefficient (Wildman–Crippen LogP) is 2.58. The van der Waals surface area contributed by atoms with E-state index in [2.05, 4.69) is 42.8 Å². The molecule has 2 aromatic rings. The zero-order valence-electron chi connectivity index (χ0n) is 9.49. The van der Waals surface area contributed by atoms with Gasteiger partial charge in [-0.05, 0) is 24.6 Å². The third kappa shape index (κ3) is 1.65. The van der Waals surface area contributed by atoms with Gasteiger partial charge in [0.2, 0.25) is 0 Å². The number of benzene rings is 1. The van der Waals surface area contributed by atoms with Crippen LogP contribution in [-0.4, -0.2) is 16.3 Å². The van der Waals surface area contributed by atoms with Crippen molar-refractivity contribution in [2.75, 3.05) is 6.61 Å². The molecule has 0 amide bonds. The summed E-state index contributed by atoms with van der Waals surface area (Å²) in [5, 5.41) is 10.5. The molecular formula is C13H17NO. The molecule has 2 heteroatoms. The Kier molecular flexibility index (Phi) is 2.53. The van der Waals surface area contributed by atoms with Gasteiger partial charge in [0.15, 0.2) is 0 Å². The van der Waals surface area contributed by atoms with E-state index in [1.165, 1.54) is 22.0 Å². The summed E-state index contributed by atoms with van der Waals surface area (Å²) in [7, 11) is 2.05. The fourth-order valence-corrected chi connectivity index (χ4v) is 2.03. The van der Waals surface area contributed by atoms with Crippen molar-refractivity contribution in [2.45, 2.75) is 19.8 Å². The quantitative estimate of drug-likeness (QED) is 0.797. The van der Waals surface area contributed by atoms with E-state index in [1.54, 1.807) is 0 Å². The summed E-state index contributed by atoms with van der Waals surface area (Å²) in [6, 6.07) is 6.45. The average Bonchev–Trinajstić information content (AvgIpc) is 2.54. The van der Waals surface area contributed by atoms with E-state index >= 15 is 0 Å². The van der Waals surface area contributed by atoms with Crippen molar-refractivity contribution in [3.05, 3.63) is 35.5 Å². The molecule has 0 radical (unpaired) electrons. The maximum Gasteiger partial charge on any atom is 0.0497 e. The molecule has 0 bridgehead atoms. The Morgan fingerprint density at radius 1 is 1.40 bits per heavy atom. The number of hydrogen-bond acceptors (Lipinski definition) is 1. The summed E-state index contributed by atoms with van der Waals surface area (Å²) in [6.07, 6.45) is 2.12. The van der Waals surface area contributed by atoms with Gasteiger partial charge >= 0.3 is 0 Å². The molecule has 2 nitrogen and oxygen atoms in total. The lowest BCUT2D eigenvalue weighted by Gasteiger charge is -2.05. The van der Waals surface area contributed by atoms with Gasteiger partial charge in [0.25, 0.3) is 0 Å². The van der Waals surface area contributed by atoms with Gasteiger partial charge in [-0.25, -0.2) is 0 Å². The number of fused-ring (bicyclic) bond motifs is 1. The van der Waals surface area contributed by atoms with Crippen LogP contribution in [0.1, 0.15) is 24.0 Å². The summed E-state index contributed by atoms with van der Waals surface area (Å²) in [6.45, 7) is 4.35. The fraction of sp³-hybridized carbons (Fsp3) is 0.385. The zero-order chi connectivity index (χ0) is 11.0. The van der Waals surface area contributed by atoms with Gasteiger partial charge in [0.1, 0.15) is 0 Å². The van der Waals surface area contributed by atoms with Gasteiger partial charge in [0, 0.05) is 36.7 Å². The minimum Gasteiger partial charge on any atom is -0.396 e. The van der Waals surface area contributed by atoms with Gasteiger partial charge < -0.3 is 9.67 Å².